The van der Waals surface area contributed by atoms with Crippen LogP contribution in [0.3, 0.4) is 0 Å². The Morgan fingerprint density at radius 1 is 1.38 bits per heavy atom. The van der Waals surface area contributed by atoms with Crippen molar-refractivity contribution < 1.29 is 14.8 Å². The van der Waals surface area contributed by atoms with Crippen LogP contribution in [0.25, 0.3) is 0 Å². The Morgan fingerprint density at radius 2 is 2.14 bits per heavy atom. The van der Waals surface area contributed by atoms with Crippen molar-refractivity contribution in [3.8, 4) is 0 Å². The number of hydrogen-bond donors (Lipinski definition) is 1. The average Bonchev–Trinajstić information content (AvgIpc) is 2.46. The highest BCUT2D eigenvalue weighted by atomic mass is 32.2. The maximum atomic E-state index is 11.1. The van der Waals surface area contributed by atoms with Crippen molar-refractivity contribution >= 4 is 23.4 Å². The number of thioether (sulfide) groups is 1. The van der Waals surface area contributed by atoms with Crippen molar-refractivity contribution in [2.24, 2.45) is 0 Å². The molecule has 0 aliphatic heterocycles. The van der Waals surface area contributed by atoms with Crippen LogP contribution < -0.4 is 0 Å². The predicted molar refractivity (Wildman–Crippen MR) is 78.6 cm³/mol. The summed E-state index contributed by atoms with van der Waals surface area (Å²) in [4.78, 5) is 25.6. The van der Waals surface area contributed by atoms with Gasteiger partial charge in [0.15, 0.2) is 0 Å². The van der Waals surface area contributed by atoms with Crippen LogP contribution in [0.15, 0.2) is 41.6 Å². The van der Waals surface area contributed by atoms with Gasteiger partial charge in [-0.3, -0.25) is 10.1 Å². The van der Waals surface area contributed by atoms with Crippen molar-refractivity contribution in [2.45, 2.75) is 17.7 Å². The standard InChI is InChI=1S/C14H12N2O4S/c1-9-10(4-2-6-12(9)16(19)20)8-21-13-11(14(17)18)5-3-7-15-13/h2-7H,8H2,1H3,(H,17,18). The normalized spacial score (nSPS) is 10.3. The SMILES string of the molecule is Cc1c(CSc2ncccc2C(=O)O)cccc1[N+](=O)[O-]. The molecular formula is C14H12N2O4S. The minimum absolute atomic E-state index is 0.0626. The monoisotopic (exact) mass is 304 g/mol. The molecule has 108 valence electrons. The first-order chi connectivity index (χ1) is 10.0. The molecule has 7 heteroatoms. The molecule has 2 rings (SSSR count). The zero-order chi connectivity index (χ0) is 15.4. The summed E-state index contributed by atoms with van der Waals surface area (Å²) in [5, 5.41) is 20.4. The van der Waals surface area contributed by atoms with Gasteiger partial charge in [0.25, 0.3) is 5.69 Å². The second-order valence-electron chi connectivity index (χ2n) is 4.27. The lowest BCUT2D eigenvalue weighted by Crippen LogP contribution is -2.01. The van der Waals surface area contributed by atoms with Gasteiger partial charge in [-0.25, -0.2) is 9.78 Å². The van der Waals surface area contributed by atoms with Crippen molar-refractivity contribution in [1.29, 1.82) is 0 Å². The number of carbonyl (C=O) groups is 1. The number of benzene rings is 1. The van der Waals surface area contributed by atoms with E-state index in [1.54, 1.807) is 25.1 Å². The van der Waals surface area contributed by atoms with E-state index in [1.165, 1.54) is 30.1 Å². The highest BCUT2D eigenvalue weighted by Gasteiger charge is 2.15. The molecule has 0 radical (unpaired) electrons. The predicted octanol–water partition coefficient (Wildman–Crippen LogP) is 3.29. The zero-order valence-electron chi connectivity index (χ0n) is 11.1. The second kappa shape index (κ2) is 6.36. The Bertz CT molecular complexity index is 703. The molecule has 0 saturated carbocycles. The van der Waals surface area contributed by atoms with Gasteiger partial charge in [-0.05, 0) is 24.6 Å². The fourth-order valence-electron chi connectivity index (χ4n) is 1.84. The summed E-state index contributed by atoms with van der Waals surface area (Å²) in [6.45, 7) is 1.69. The number of aromatic nitrogens is 1. The summed E-state index contributed by atoms with van der Waals surface area (Å²) in [5.74, 6) is -0.619. The van der Waals surface area contributed by atoms with E-state index in [2.05, 4.69) is 4.98 Å². The molecule has 1 N–H and O–H groups in total. The van der Waals surface area contributed by atoms with Crippen LogP contribution in [0.4, 0.5) is 5.69 Å². The second-order valence-corrected chi connectivity index (χ2v) is 5.23. The van der Waals surface area contributed by atoms with E-state index in [0.717, 1.165) is 5.56 Å². The number of carboxylic acids is 1. The molecular weight excluding hydrogens is 292 g/mol. The van der Waals surface area contributed by atoms with Gasteiger partial charge in [-0.2, -0.15) is 0 Å². The Kier molecular flexibility index (Phi) is 4.54. The third-order valence-electron chi connectivity index (χ3n) is 2.98. The van der Waals surface area contributed by atoms with Gasteiger partial charge in [0.05, 0.1) is 10.5 Å². The summed E-state index contributed by atoms with van der Waals surface area (Å²) < 4.78 is 0. The molecule has 1 heterocycles. The number of hydrogen-bond acceptors (Lipinski definition) is 5. The van der Waals surface area contributed by atoms with Gasteiger partial charge in [-0.15, -0.1) is 11.8 Å². The van der Waals surface area contributed by atoms with Gasteiger partial charge >= 0.3 is 5.97 Å². The summed E-state index contributed by atoms with van der Waals surface area (Å²) in [6.07, 6.45) is 1.52. The minimum atomic E-state index is -1.04. The Morgan fingerprint density at radius 3 is 2.81 bits per heavy atom. The van der Waals surface area contributed by atoms with Gasteiger partial charge in [0.1, 0.15) is 5.03 Å². The molecule has 6 nitrogen and oxygen atoms in total. The summed E-state index contributed by atoms with van der Waals surface area (Å²) in [7, 11) is 0. The maximum absolute atomic E-state index is 11.1. The smallest absolute Gasteiger partial charge is 0.338 e. The van der Waals surface area contributed by atoms with Crippen LogP contribution >= 0.6 is 11.8 Å². The number of rotatable bonds is 5. The van der Waals surface area contributed by atoms with Crippen LogP contribution in [0.5, 0.6) is 0 Å². The first-order valence-corrected chi connectivity index (χ1v) is 7.03. The first-order valence-electron chi connectivity index (χ1n) is 6.04. The minimum Gasteiger partial charge on any atom is -0.478 e. The molecule has 0 unspecified atom stereocenters. The largest absolute Gasteiger partial charge is 0.478 e. The van der Waals surface area contributed by atoms with Crippen LogP contribution in [0, 0.1) is 17.0 Å². The van der Waals surface area contributed by atoms with E-state index >= 15 is 0 Å². The number of aromatic carboxylic acids is 1. The fourth-order valence-corrected chi connectivity index (χ4v) is 2.89. The molecule has 1 aromatic carbocycles. The van der Waals surface area contributed by atoms with Gasteiger partial charge in [0, 0.05) is 23.6 Å². The number of carboxylic acid groups (broad SMARTS) is 1. The topological polar surface area (TPSA) is 93.3 Å². The van der Waals surface area contributed by atoms with Gasteiger partial charge < -0.3 is 5.11 Å². The molecule has 0 spiro atoms. The van der Waals surface area contributed by atoms with Crippen molar-refractivity contribution in [3.63, 3.8) is 0 Å². The Labute approximate surface area is 125 Å². The Hall–Kier alpha value is -2.41. The molecule has 21 heavy (non-hydrogen) atoms. The van der Waals surface area contributed by atoms with Crippen LogP contribution in [-0.2, 0) is 5.75 Å². The highest BCUT2D eigenvalue weighted by molar-refractivity contribution is 7.98. The first kappa shape index (κ1) is 15.0. The van der Waals surface area contributed by atoms with Crippen molar-refractivity contribution in [1.82, 2.24) is 4.98 Å². The van der Waals surface area contributed by atoms with E-state index in [0.29, 0.717) is 16.3 Å². The van der Waals surface area contributed by atoms with E-state index in [9.17, 15) is 14.9 Å². The molecule has 0 amide bonds. The summed E-state index contributed by atoms with van der Waals surface area (Å²) in [5.41, 5.74) is 1.57. The molecule has 1 aromatic heterocycles. The van der Waals surface area contributed by atoms with E-state index in [4.69, 9.17) is 5.11 Å². The molecule has 0 fully saturated rings. The molecule has 0 atom stereocenters. The third kappa shape index (κ3) is 3.38. The summed E-state index contributed by atoms with van der Waals surface area (Å²) >= 11 is 1.25. The molecule has 0 bridgehead atoms. The lowest BCUT2D eigenvalue weighted by molar-refractivity contribution is -0.385. The molecule has 0 aliphatic rings. The maximum Gasteiger partial charge on any atom is 0.338 e. The van der Waals surface area contributed by atoms with Gasteiger partial charge in [-0.1, -0.05) is 12.1 Å². The van der Waals surface area contributed by atoms with E-state index in [-0.39, 0.29) is 11.3 Å². The Balaban J connectivity index is 2.23. The zero-order valence-corrected chi connectivity index (χ0v) is 12.0. The number of nitro benzene ring substituents is 1. The van der Waals surface area contributed by atoms with E-state index in [1.807, 2.05) is 0 Å². The number of nitro groups is 1. The van der Waals surface area contributed by atoms with Gasteiger partial charge in [0.2, 0.25) is 0 Å². The lowest BCUT2D eigenvalue weighted by atomic mass is 10.1. The van der Waals surface area contributed by atoms with Crippen molar-refractivity contribution in [3.05, 3.63) is 63.3 Å². The molecule has 0 saturated heterocycles. The van der Waals surface area contributed by atoms with Crippen molar-refractivity contribution in [2.75, 3.05) is 0 Å². The highest BCUT2D eigenvalue weighted by Crippen LogP contribution is 2.28. The number of pyridine rings is 1. The number of nitrogens with zero attached hydrogens (tertiary/aromatic N) is 2. The lowest BCUT2D eigenvalue weighted by Gasteiger charge is -2.07. The van der Waals surface area contributed by atoms with Crippen LogP contribution in [-0.4, -0.2) is 21.0 Å². The summed E-state index contributed by atoms with van der Waals surface area (Å²) in [6, 6.07) is 7.91. The van der Waals surface area contributed by atoms with Crippen LogP contribution in [0.1, 0.15) is 21.5 Å². The van der Waals surface area contributed by atoms with Crippen LogP contribution in [0.2, 0.25) is 0 Å². The fraction of sp³-hybridized carbons (Fsp3) is 0.143. The molecule has 2 aromatic rings. The van der Waals surface area contributed by atoms with E-state index < -0.39 is 10.9 Å². The quantitative estimate of drug-likeness (QED) is 0.517. The average molecular weight is 304 g/mol. The molecule has 0 aliphatic carbocycles. The third-order valence-corrected chi connectivity index (χ3v) is 4.03.